The van der Waals surface area contributed by atoms with Gasteiger partial charge in [0.25, 0.3) is 0 Å². The Labute approximate surface area is 222 Å². The monoisotopic (exact) mass is 561 g/mol. The van der Waals surface area contributed by atoms with Crippen LogP contribution in [0.1, 0.15) is 39.2 Å². The van der Waals surface area contributed by atoms with Gasteiger partial charge in [-0.15, -0.1) is 0 Å². The second-order valence-electron chi connectivity index (χ2n) is 8.48. The van der Waals surface area contributed by atoms with Crippen LogP contribution in [0.2, 0.25) is 15.1 Å². The van der Waals surface area contributed by atoms with Crippen molar-refractivity contribution >= 4 is 62.3 Å². The molecule has 0 aromatic heterocycles. The molecule has 2 amide bonds. The van der Waals surface area contributed by atoms with Gasteiger partial charge >= 0.3 is 0 Å². The van der Waals surface area contributed by atoms with Gasteiger partial charge in [0.05, 0.1) is 11.9 Å². The fraction of sp³-hybridized carbons (Fsp3) is 0.417. The molecule has 192 valence electrons. The van der Waals surface area contributed by atoms with Gasteiger partial charge in [-0.05, 0) is 57.5 Å². The third-order valence-electron chi connectivity index (χ3n) is 5.24. The highest BCUT2D eigenvalue weighted by Gasteiger charge is 2.28. The fourth-order valence-electron chi connectivity index (χ4n) is 3.48. The van der Waals surface area contributed by atoms with Gasteiger partial charge in [0.2, 0.25) is 21.8 Å². The first-order chi connectivity index (χ1) is 16.3. The lowest BCUT2D eigenvalue weighted by Gasteiger charge is -2.30. The number of rotatable bonds is 11. The Bertz CT molecular complexity index is 1140. The Morgan fingerprint density at radius 3 is 2.14 bits per heavy atom. The minimum absolute atomic E-state index is 0.00789. The van der Waals surface area contributed by atoms with Crippen molar-refractivity contribution in [3.05, 3.63) is 63.1 Å². The fourth-order valence-corrected chi connectivity index (χ4v) is 5.14. The van der Waals surface area contributed by atoms with Gasteiger partial charge in [0.15, 0.2) is 0 Å². The molecule has 0 bridgehead atoms. The van der Waals surface area contributed by atoms with Crippen molar-refractivity contribution in [3.63, 3.8) is 0 Å². The van der Waals surface area contributed by atoms with Crippen LogP contribution in [0, 0.1) is 0 Å². The normalized spacial score (nSPS) is 12.3. The highest BCUT2D eigenvalue weighted by molar-refractivity contribution is 7.92. The van der Waals surface area contributed by atoms with Crippen molar-refractivity contribution in [1.82, 2.24) is 10.2 Å². The molecule has 0 aliphatic carbocycles. The zero-order chi connectivity index (χ0) is 26.3. The first kappa shape index (κ1) is 29.2. The van der Waals surface area contributed by atoms with Crippen LogP contribution in [0.4, 0.5) is 5.69 Å². The molecule has 2 aromatic rings. The summed E-state index contributed by atoms with van der Waals surface area (Å²) in [5.41, 5.74) is 0.946. The highest BCUT2D eigenvalue weighted by Crippen LogP contribution is 2.27. The van der Waals surface area contributed by atoms with Gasteiger partial charge < -0.3 is 10.2 Å². The number of carbonyl (C=O) groups is 2. The van der Waals surface area contributed by atoms with E-state index in [4.69, 9.17) is 34.8 Å². The molecule has 1 atom stereocenters. The second kappa shape index (κ2) is 12.8. The SMILES string of the molecule is CC(C)NC(=O)C(C)N(Cc1c(Cl)cccc1Cl)C(=O)CCCN(c1cccc(Cl)c1)S(C)(=O)=O. The van der Waals surface area contributed by atoms with E-state index in [1.165, 1.54) is 9.21 Å². The maximum Gasteiger partial charge on any atom is 0.242 e. The number of nitrogens with one attached hydrogen (secondary N) is 1. The van der Waals surface area contributed by atoms with E-state index < -0.39 is 16.1 Å². The largest absolute Gasteiger partial charge is 0.352 e. The van der Waals surface area contributed by atoms with Crippen LogP contribution in [0.3, 0.4) is 0 Å². The molecule has 0 saturated carbocycles. The van der Waals surface area contributed by atoms with E-state index in [9.17, 15) is 18.0 Å². The molecule has 1 unspecified atom stereocenters. The molecule has 0 heterocycles. The number of hydrogen-bond acceptors (Lipinski definition) is 4. The number of sulfonamides is 1. The van der Waals surface area contributed by atoms with Crippen LogP contribution in [0.25, 0.3) is 0 Å². The van der Waals surface area contributed by atoms with Crippen LogP contribution < -0.4 is 9.62 Å². The molecule has 0 saturated heterocycles. The quantitative estimate of drug-likeness (QED) is 0.411. The van der Waals surface area contributed by atoms with E-state index in [1.54, 1.807) is 49.4 Å². The van der Waals surface area contributed by atoms with Crippen LogP contribution in [-0.2, 0) is 26.2 Å². The smallest absolute Gasteiger partial charge is 0.242 e. The molecule has 35 heavy (non-hydrogen) atoms. The Hall–Kier alpha value is -2.00. The van der Waals surface area contributed by atoms with E-state index in [0.717, 1.165) is 6.26 Å². The summed E-state index contributed by atoms with van der Waals surface area (Å²) in [7, 11) is -3.61. The van der Waals surface area contributed by atoms with Gasteiger partial charge in [-0.25, -0.2) is 8.42 Å². The molecule has 7 nitrogen and oxygen atoms in total. The predicted molar refractivity (Wildman–Crippen MR) is 143 cm³/mol. The summed E-state index contributed by atoms with van der Waals surface area (Å²) in [6.45, 7) is 5.40. The molecule has 11 heteroatoms. The molecule has 2 aromatic carbocycles. The lowest BCUT2D eigenvalue weighted by Crippen LogP contribution is -2.49. The van der Waals surface area contributed by atoms with Crippen molar-refractivity contribution < 1.29 is 18.0 Å². The predicted octanol–water partition coefficient (Wildman–Crippen LogP) is 5.13. The Balaban J connectivity index is 2.23. The van der Waals surface area contributed by atoms with Gasteiger partial charge in [-0.1, -0.05) is 46.9 Å². The van der Waals surface area contributed by atoms with Gasteiger partial charge in [0.1, 0.15) is 6.04 Å². The summed E-state index contributed by atoms with van der Waals surface area (Å²) < 4.78 is 26.0. The highest BCUT2D eigenvalue weighted by atomic mass is 35.5. The molecule has 1 N–H and O–H groups in total. The maximum absolute atomic E-state index is 13.3. The lowest BCUT2D eigenvalue weighted by atomic mass is 10.1. The molecule has 0 fully saturated rings. The number of anilines is 1. The number of nitrogens with zero attached hydrogens (tertiary/aromatic N) is 2. The van der Waals surface area contributed by atoms with E-state index >= 15 is 0 Å². The van der Waals surface area contributed by atoms with Crippen molar-refractivity contribution in [1.29, 1.82) is 0 Å². The minimum atomic E-state index is -3.61. The molecule has 0 radical (unpaired) electrons. The van der Waals surface area contributed by atoms with E-state index in [1.807, 2.05) is 13.8 Å². The van der Waals surface area contributed by atoms with Crippen LogP contribution >= 0.6 is 34.8 Å². The van der Waals surface area contributed by atoms with Gasteiger partial charge in [-0.3, -0.25) is 13.9 Å². The van der Waals surface area contributed by atoms with Crippen molar-refractivity contribution in [2.45, 2.75) is 52.2 Å². The first-order valence-corrected chi connectivity index (χ1v) is 14.1. The van der Waals surface area contributed by atoms with Crippen LogP contribution in [0.15, 0.2) is 42.5 Å². The van der Waals surface area contributed by atoms with E-state index in [0.29, 0.717) is 26.3 Å². The van der Waals surface area contributed by atoms with E-state index in [2.05, 4.69) is 5.32 Å². The summed E-state index contributed by atoms with van der Waals surface area (Å²) in [5.74, 6) is -0.639. The summed E-state index contributed by atoms with van der Waals surface area (Å²) >= 11 is 18.7. The Kier molecular flexibility index (Phi) is 10.7. The Morgan fingerprint density at radius 2 is 1.60 bits per heavy atom. The summed E-state index contributed by atoms with van der Waals surface area (Å²) in [4.78, 5) is 27.4. The standard InChI is InChI=1S/C24H30Cl3N3O4S/c1-16(2)28-24(32)17(3)29(15-20-21(26)10-6-11-22(20)27)23(31)12-7-13-30(35(4,33)34)19-9-5-8-18(25)14-19/h5-6,8-11,14,16-17H,7,12-13,15H2,1-4H3,(H,28,32). The molecule has 0 spiro atoms. The maximum atomic E-state index is 13.3. The molecular formula is C24H30Cl3N3O4S. The summed E-state index contributed by atoms with van der Waals surface area (Å²) in [6.07, 6.45) is 1.33. The number of halogens is 3. The average molecular weight is 563 g/mol. The topological polar surface area (TPSA) is 86.8 Å². The van der Waals surface area contributed by atoms with Gasteiger partial charge in [-0.2, -0.15) is 0 Å². The molecule has 0 aliphatic heterocycles. The third kappa shape index (κ3) is 8.56. The number of amides is 2. The molecule has 0 aliphatic rings. The summed E-state index contributed by atoms with van der Waals surface area (Å²) in [5, 5.41) is 3.99. The zero-order valence-electron chi connectivity index (χ0n) is 20.1. The zero-order valence-corrected chi connectivity index (χ0v) is 23.2. The third-order valence-corrected chi connectivity index (χ3v) is 7.37. The molecular weight excluding hydrogens is 533 g/mol. The minimum Gasteiger partial charge on any atom is -0.352 e. The number of carbonyl (C=O) groups excluding carboxylic acids is 2. The number of benzene rings is 2. The average Bonchev–Trinajstić information content (AvgIpc) is 2.74. The lowest BCUT2D eigenvalue weighted by molar-refractivity contribution is -0.140. The summed E-state index contributed by atoms with van der Waals surface area (Å²) in [6, 6.07) is 10.6. The van der Waals surface area contributed by atoms with E-state index in [-0.39, 0.29) is 43.8 Å². The van der Waals surface area contributed by atoms with Crippen molar-refractivity contribution in [2.24, 2.45) is 0 Å². The van der Waals surface area contributed by atoms with Crippen molar-refractivity contribution in [3.8, 4) is 0 Å². The Morgan fingerprint density at radius 1 is 1.00 bits per heavy atom. The second-order valence-corrected chi connectivity index (χ2v) is 11.6. The van der Waals surface area contributed by atoms with Gasteiger partial charge in [0, 0.05) is 46.2 Å². The van der Waals surface area contributed by atoms with Crippen LogP contribution in [-0.4, -0.2) is 50.0 Å². The molecule has 2 rings (SSSR count). The first-order valence-electron chi connectivity index (χ1n) is 11.1. The van der Waals surface area contributed by atoms with Crippen molar-refractivity contribution in [2.75, 3.05) is 17.1 Å². The van der Waals surface area contributed by atoms with Crippen LogP contribution in [0.5, 0.6) is 0 Å². The number of hydrogen-bond donors (Lipinski definition) is 1.